The lowest BCUT2D eigenvalue weighted by Crippen LogP contribution is -2.27. The van der Waals surface area contributed by atoms with Gasteiger partial charge in [0.25, 0.3) is 15.9 Å². The van der Waals surface area contributed by atoms with Crippen LogP contribution in [0.4, 0.5) is 0 Å². The summed E-state index contributed by atoms with van der Waals surface area (Å²) in [6.07, 6.45) is 1.79. The maximum atomic E-state index is 12.7. The Bertz CT molecular complexity index is 1190. The third-order valence-electron chi connectivity index (χ3n) is 5.38. The molecule has 3 aromatic rings. The molecule has 32 heavy (non-hydrogen) atoms. The third kappa shape index (κ3) is 4.87. The van der Waals surface area contributed by atoms with Gasteiger partial charge in [0, 0.05) is 23.5 Å². The number of nitrogens with zero attached hydrogens (tertiary/aromatic N) is 2. The molecule has 3 heterocycles. The minimum Gasteiger partial charge on any atom is -0.489 e. The van der Waals surface area contributed by atoms with E-state index >= 15 is 0 Å². The Labute approximate surface area is 191 Å². The third-order valence-corrected chi connectivity index (χ3v) is 8.83. The van der Waals surface area contributed by atoms with Crippen molar-refractivity contribution in [1.29, 1.82) is 0 Å². The van der Waals surface area contributed by atoms with Crippen LogP contribution < -0.4 is 10.1 Å². The van der Waals surface area contributed by atoms with E-state index in [-0.39, 0.29) is 12.5 Å². The van der Waals surface area contributed by atoms with Crippen LogP contribution in [0.2, 0.25) is 0 Å². The number of hydrogen-bond acceptors (Lipinski definition) is 7. The van der Waals surface area contributed by atoms with Crippen LogP contribution in [-0.4, -0.2) is 36.9 Å². The molecule has 1 aliphatic heterocycles. The molecule has 4 rings (SSSR count). The summed E-state index contributed by atoms with van der Waals surface area (Å²) in [7, 11) is -3.43. The van der Waals surface area contributed by atoms with Crippen molar-refractivity contribution in [2.45, 2.75) is 44.0 Å². The van der Waals surface area contributed by atoms with Crippen LogP contribution in [0.3, 0.4) is 0 Å². The van der Waals surface area contributed by atoms with Gasteiger partial charge in [0.15, 0.2) is 0 Å². The van der Waals surface area contributed by atoms with Crippen molar-refractivity contribution in [3.8, 4) is 5.75 Å². The van der Waals surface area contributed by atoms with Crippen molar-refractivity contribution in [2.24, 2.45) is 0 Å². The summed E-state index contributed by atoms with van der Waals surface area (Å²) in [6.45, 7) is 5.38. The van der Waals surface area contributed by atoms with Crippen LogP contribution in [0.15, 0.2) is 45.1 Å². The minimum absolute atomic E-state index is 0.253. The van der Waals surface area contributed by atoms with Gasteiger partial charge in [0.05, 0.1) is 17.8 Å². The van der Waals surface area contributed by atoms with E-state index in [1.165, 1.54) is 15.6 Å². The van der Waals surface area contributed by atoms with Crippen molar-refractivity contribution in [2.75, 3.05) is 13.1 Å². The molecule has 170 valence electrons. The first-order valence-electron chi connectivity index (χ1n) is 10.4. The summed E-state index contributed by atoms with van der Waals surface area (Å²) < 4.78 is 38.1. The summed E-state index contributed by atoms with van der Waals surface area (Å²) in [5, 5.41) is 6.76. The Hall–Kier alpha value is -2.69. The molecule has 0 atom stereocenters. The number of nitrogens with one attached hydrogen (secondary N) is 1. The molecule has 0 saturated carbocycles. The molecule has 1 fully saturated rings. The highest BCUT2D eigenvalue weighted by Gasteiger charge is 2.28. The molecule has 1 N–H and O–H groups in total. The SMILES string of the molecule is Cc1noc(C)c1COc1cccc(C(=O)NCc2ccc(S(=O)(=O)N3CCCC3)s2)c1. The summed E-state index contributed by atoms with van der Waals surface area (Å²) in [5.41, 5.74) is 2.12. The van der Waals surface area contributed by atoms with E-state index < -0.39 is 10.0 Å². The van der Waals surface area contributed by atoms with Crippen LogP contribution in [0.1, 0.15) is 45.1 Å². The minimum atomic E-state index is -3.43. The van der Waals surface area contributed by atoms with Crippen molar-refractivity contribution in [1.82, 2.24) is 14.8 Å². The number of thiophene rings is 1. The Kier molecular flexibility index (Phi) is 6.63. The monoisotopic (exact) mass is 475 g/mol. The van der Waals surface area contributed by atoms with Crippen LogP contribution in [-0.2, 0) is 23.2 Å². The molecular weight excluding hydrogens is 450 g/mol. The van der Waals surface area contributed by atoms with Crippen molar-refractivity contribution in [3.63, 3.8) is 0 Å². The molecule has 0 aliphatic carbocycles. The lowest BCUT2D eigenvalue weighted by Gasteiger charge is -2.13. The van der Waals surface area contributed by atoms with Gasteiger partial charge < -0.3 is 14.6 Å². The van der Waals surface area contributed by atoms with E-state index in [1.807, 2.05) is 13.8 Å². The summed E-state index contributed by atoms with van der Waals surface area (Å²) in [5.74, 6) is 1.01. The summed E-state index contributed by atoms with van der Waals surface area (Å²) in [6, 6.07) is 10.3. The average Bonchev–Trinajstić information content (AvgIpc) is 3.54. The lowest BCUT2D eigenvalue weighted by molar-refractivity contribution is 0.0950. The number of aryl methyl sites for hydroxylation is 2. The van der Waals surface area contributed by atoms with Crippen LogP contribution >= 0.6 is 11.3 Å². The molecule has 0 bridgehead atoms. The van der Waals surface area contributed by atoms with Gasteiger partial charge in [-0.15, -0.1) is 11.3 Å². The standard InChI is InChI=1S/C22H25N3O5S2/c1-15-20(16(2)30-24-15)14-29-18-7-5-6-17(12-18)22(26)23-13-19-8-9-21(31-19)32(27,28)25-10-3-4-11-25/h5-9,12H,3-4,10-11,13-14H2,1-2H3,(H,23,26). The van der Waals surface area contributed by atoms with Gasteiger partial charge in [-0.3, -0.25) is 4.79 Å². The second kappa shape index (κ2) is 9.43. The smallest absolute Gasteiger partial charge is 0.252 e. The number of carbonyl (C=O) groups is 1. The number of aromatic nitrogens is 1. The highest BCUT2D eigenvalue weighted by Crippen LogP contribution is 2.27. The van der Waals surface area contributed by atoms with Gasteiger partial charge in [-0.2, -0.15) is 4.31 Å². The van der Waals surface area contributed by atoms with Crippen molar-refractivity contribution < 1.29 is 22.5 Å². The zero-order valence-corrected chi connectivity index (χ0v) is 19.6. The van der Waals surface area contributed by atoms with Crippen LogP contribution in [0.5, 0.6) is 5.75 Å². The van der Waals surface area contributed by atoms with E-state index in [0.29, 0.717) is 41.0 Å². The zero-order valence-electron chi connectivity index (χ0n) is 18.0. The molecule has 0 radical (unpaired) electrons. The molecule has 8 nitrogen and oxygen atoms in total. The number of ether oxygens (including phenoxy) is 1. The van der Waals surface area contributed by atoms with Gasteiger partial charge in [0.1, 0.15) is 22.3 Å². The molecule has 0 spiro atoms. The quantitative estimate of drug-likeness (QED) is 0.534. The van der Waals surface area contributed by atoms with E-state index in [4.69, 9.17) is 9.26 Å². The number of sulfonamides is 1. The second-order valence-electron chi connectivity index (χ2n) is 7.63. The fourth-order valence-corrected chi connectivity index (χ4v) is 6.47. The van der Waals surface area contributed by atoms with Crippen LogP contribution in [0.25, 0.3) is 0 Å². The van der Waals surface area contributed by atoms with Gasteiger partial charge in [0.2, 0.25) is 0 Å². The Morgan fingerprint density at radius 2 is 2.00 bits per heavy atom. The predicted octanol–water partition coefficient (Wildman–Crippen LogP) is 3.65. The van der Waals surface area contributed by atoms with Crippen molar-refractivity contribution >= 4 is 27.3 Å². The van der Waals surface area contributed by atoms with Gasteiger partial charge in [-0.1, -0.05) is 11.2 Å². The van der Waals surface area contributed by atoms with Crippen molar-refractivity contribution in [3.05, 3.63) is 63.9 Å². The fourth-order valence-electron chi connectivity index (χ4n) is 3.51. The summed E-state index contributed by atoms with van der Waals surface area (Å²) in [4.78, 5) is 13.4. The summed E-state index contributed by atoms with van der Waals surface area (Å²) >= 11 is 1.19. The highest BCUT2D eigenvalue weighted by atomic mass is 32.2. The molecule has 1 amide bonds. The normalized spacial score (nSPS) is 14.6. The maximum absolute atomic E-state index is 12.7. The first-order valence-corrected chi connectivity index (χ1v) is 12.6. The fraction of sp³-hybridized carbons (Fsp3) is 0.364. The number of hydrogen-bond donors (Lipinski definition) is 1. The first kappa shape index (κ1) is 22.5. The second-order valence-corrected chi connectivity index (χ2v) is 11.0. The highest BCUT2D eigenvalue weighted by molar-refractivity contribution is 7.91. The van der Waals surface area contributed by atoms with E-state index in [1.54, 1.807) is 36.4 Å². The largest absolute Gasteiger partial charge is 0.489 e. The van der Waals surface area contributed by atoms with Crippen LogP contribution in [0, 0.1) is 13.8 Å². The number of benzene rings is 1. The Morgan fingerprint density at radius 1 is 1.22 bits per heavy atom. The molecule has 1 aromatic carbocycles. The van der Waals surface area contributed by atoms with E-state index in [9.17, 15) is 13.2 Å². The number of rotatable bonds is 8. The van der Waals surface area contributed by atoms with E-state index in [0.717, 1.165) is 29.0 Å². The van der Waals surface area contributed by atoms with Gasteiger partial charge in [-0.25, -0.2) is 8.42 Å². The Balaban J connectivity index is 1.35. The topological polar surface area (TPSA) is 102 Å². The molecule has 1 aliphatic rings. The molecule has 1 saturated heterocycles. The maximum Gasteiger partial charge on any atom is 0.252 e. The van der Waals surface area contributed by atoms with Gasteiger partial charge in [-0.05, 0) is 57.0 Å². The lowest BCUT2D eigenvalue weighted by atomic mass is 10.2. The Morgan fingerprint density at radius 3 is 2.72 bits per heavy atom. The predicted molar refractivity (Wildman–Crippen MR) is 120 cm³/mol. The van der Waals surface area contributed by atoms with Gasteiger partial charge >= 0.3 is 0 Å². The van der Waals surface area contributed by atoms with E-state index in [2.05, 4.69) is 10.5 Å². The first-order chi connectivity index (χ1) is 15.3. The number of amides is 1. The average molecular weight is 476 g/mol. The molecular formula is C22H25N3O5S2. The zero-order chi connectivity index (χ0) is 22.7. The number of carbonyl (C=O) groups excluding carboxylic acids is 1. The molecule has 10 heteroatoms. The molecule has 2 aromatic heterocycles. The molecule has 0 unspecified atom stereocenters.